The van der Waals surface area contributed by atoms with Gasteiger partial charge in [-0.2, -0.15) is 5.26 Å². The van der Waals surface area contributed by atoms with Gasteiger partial charge in [-0.15, -0.1) is 0 Å². The van der Waals surface area contributed by atoms with Gasteiger partial charge in [0, 0.05) is 30.9 Å². The molecule has 170 valence electrons. The molecule has 1 amide bonds. The van der Waals surface area contributed by atoms with E-state index in [1.54, 1.807) is 0 Å². The molecule has 3 rings (SSSR count). The van der Waals surface area contributed by atoms with Crippen molar-refractivity contribution in [2.24, 2.45) is 5.92 Å². The van der Waals surface area contributed by atoms with E-state index in [2.05, 4.69) is 53.0 Å². The summed E-state index contributed by atoms with van der Waals surface area (Å²) in [5.74, 6) is 0.634. The molecule has 1 aromatic carbocycles. The number of piperidine rings is 1. The summed E-state index contributed by atoms with van der Waals surface area (Å²) in [5.41, 5.74) is 5.17. The fourth-order valence-electron chi connectivity index (χ4n) is 4.46. The van der Waals surface area contributed by atoms with Crippen molar-refractivity contribution in [1.82, 2.24) is 19.8 Å². The predicted octanol–water partition coefficient (Wildman–Crippen LogP) is 4.15. The Morgan fingerprint density at radius 2 is 1.97 bits per heavy atom. The van der Waals surface area contributed by atoms with Crippen molar-refractivity contribution in [2.45, 2.75) is 53.4 Å². The molecule has 1 atom stereocenters. The largest absolute Gasteiger partial charge is 0.343 e. The quantitative estimate of drug-likeness (QED) is 0.625. The van der Waals surface area contributed by atoms with Gasteiger partial charge in [-0.3, -0.25) is 4.79 Å². The first-order valence-electron chi connectivity index (χ1n) is 11.8. The summed E-state index contributed by atoms with van der Waals surface area (Å²) in [7, 11) is 0. The van der Waals surface area contributed by atoms with Crippen LogP contribution in [0.1, 0.15) is 55.8 Å². The summed E-state index contributed by atoms with van der Waals surface area (Å²) in [4.78, 5) is 26.0. The van der Waals surface area contributed by atoms with Crippen LogP contribution in [0.4, 0.5) is 0 Å². The van der Waals surface area contributed by atoms with Gasteiger partial charge in [0.1, 0.15) is 6.07 Å². The average Bonchev–Trinajstić information content (AvgIpc) is 2.81. The molecule has 1 unspecified atom stereocenters. The Hall–Kier alpha value is -2.78. The SMILES string of the molecule is CCN(CC)C(=O)C1CCCN(CCCc2cc(-c3ccc(C)c(C)c3)nc(C#N)n2)C1. The molecule has 0 radical (unpaired) electrons. The van der Waals surface area contributed by atoms with Crippen molar-refractivity contribution in [3.63, 3.8) is 0 Å². The molecule has 1 aromatic heterocycles. The number of hydrogen-bond donors (Lipinski definition) is 0. The van der Waals surface area contributed by atoms with Crippen molar-refractivity contribution in [3.8, 4) is 17.3 Å². The molecule has 6 heteroatoms. The number of carbonyl (C=O) groups excluding carboxylic acids is 1. The van der Waals surface area contributed by atoms with Crippen LogP contribution in [-0.4, -0.2) is 58.4 Å². The molecule has 6 nitrogen and oxygen atoms in total. The molecule has 0 aliphatic carbocycles. The van der Waals surface area contributed by atoms with Crippen molar-refractivity contribution in [2.75, 3.05) is 32.7 Å². The second kappa shape index (κ2) is 11.2. The number of carbonyl (C=O) groups is 1. The van der Waals surface area contributed by atoms with Crippen LogP contribution in [0, 0.1) is 31.1 Å². The van der Waals surface area contributed by atoms with Crippen LogP contribution in [0.25, 0.3) is 11.3 Å². The zero-order valence-corrected chi connectivity index (χ0v) is 19.9. The molecular formula is C26H35N5O. The fourth-order valence-corrected chi connectivity index (χ4v) is 4.46. The minimum atomic E-state index is 0.115. The number of amides is 1. The van der Waals surface area contributed by atoms with E-state index in [4.69, 9.17) is 0 Å². The Bertz CT molecular complexity index is 977. The molecule has 32 heavy (non-hydrogen) atoms. The van der Waals surface area contributed by atoms with E-state index >= 15 is 0 Å². The van der Waals surface area contributed by atoms with Crippen molar-refractivity contribution >= 4 is 5.91 Å². The summed E-state index contributed by atoms with van der Waals surface area (Å²) in [6, 6.07) is 10.4. The summed E-state index contributed by atoms with van der Waals surface area (Å²) in [5, 5.41) is 9.41. The lowest BCUT2D eigenvalue weighted by Crippen LogP contribution is -2.45. The van der Waals surface area contributed by atoms with E-state index in [9.17, 15) is 10.1 Å². The lowest BCUT2D eigenvalue weighted by atomic mass is 9.96. The third-order valence-electron chi connectivity index (χ3n) is 6.52. The Kier molecular flexibility index (Phi) is 8.35. The van der Waals surface area contributed by atoms with Gasteiger partial charge < -0.3 is 9.80 Å². The number of rotatable bonds is 8. The highest BCUT2D eigenvalue weighted by Crippen LogP contribution is 2.22. The summed E-state index contributed by atoms with van der Waals surface area (Å²) >= 11 is 0. The van der Waals surface area contributed by atoms with Crippen LogP contribution in [-0.2, 0) is 11.2 Å². The highest BCUT2D eigenvalue weighted by atomic mass is 16.2. The fraction of sp³-hybridized carbons (Fsp3) is 0.538. The van der Waals surface area contributed by atoms with Gasteiger partial charge in [-0.1, -0.05) is 12.1 Å². The third-order valence-corrected chi connectivity index (χ3v) is 6.52. The van der Waals surface area contributed by atoms with Gasteiger partial charge in [-0.25, -0.2) is 9.97 Å². The zero-order valence-electron chi connectivity index (χ0n) is 19.9. The average molecular weight is 434 g/mol. The Labute approximate surface area is 192 Å². The first-order valence-corrected chi connectivity index (χ1v) is 11.8. The lowest BCUT2D eigenvalue weighted by Gasteiger charge is -2.34. The first kappa shape index (κ1) is 23.9. The summed E-state index contributed by atoms with van der Waals surface area (Å²) in [6.45, 7) is 12.7. The van der Waals surface area contributed by atoms with Gasteiger partial charge in [0.15, 0.2) is 0 Å². The normalized spacial score (nSPS) is 16.5. The van der Waals surface area contributed by atoms with Gasteiger partial charge in [0.05, 0.1) is 11.6 Å². The maximum Gasteiger partial charge on any atom is 0.232 e. The lowest BCUT2D eigenvalue weighted by molar-refractivity contribution is -0.137. The molecule has 0 saturated carbocycles. The van der Waals surface area contributed by atoms with Crippen molar-refractivity contribution in [3.05, 3.63) is 46.9 Å². The molecular weight excluding hydrogens is 398 g/mol. The number of aryl methyl sites for hydroxylation is 3. The standard InChI is InChI=1S/C26H35N5O/c1-5-31(6-2)26(32)22-9-7-13-30(18-22)14-8-10-23-16-24(29-25(17-27)28-23)21-12-11-19(3)20(4)15-21/h11-12,15-16,22H,5-10,13-14,18H2,1-4H3. The second-order valence-corrected chi connectivity index (χ2v) is 8.73. The van der Waals surface area contributed by atoms with Crippen LogP contribution < -0.4 is 0 Å². The molecule has 1 aliphatic rings. The van der Waals surface area contributed by atoms with Crippen LogP contribution in [0.15, 0.2) is 24.3 Å². The second-order valence-electron chi connectivity index (χ2n) is 8.73. The maximum atomic E-state index is 12.7. The van der Waals surface area contributed by atoms with Gasteiger partial charge >= 0.3 is 0 Å². The minimum Gasteiger partial charge on any atom is -0.343 e. The van der Waals surface area contributed by atoms with Crippen LogP contribution >= 0.6 is 0 Å². The Balaban J connectivity index is 1.62. The number of benzene rings is 1. The molecule has 1 aliphatic heterocycles. The number of likely N-dealkylation sites (tertiary alicyclic amines) is 1. The molecule has 2 aromatic rings. The molecule has 0 bridgehead atoms. The van der Waals surface area contributed by atoms with E-state index in [1.165, 1.54) is 11.1 Å². The predicted molar refractivity (Wildman–Crippen MR) is 127 cm³/mol. The van der Waals surface area contributed by atoms with Crippen molar-refractivity contribution < 1.29 is 4.79 Å². The highest BCUT2D eigenvalue weighted by Gasteiger charge is 2.28. The minimum absolute atomic E-state index is 0.115. The topological polar surface area (TPSA) is 73.1 Å². The van der Waals surface area contributed by atoms with Gasteiger partial charge in [0.2, 0.25) is 11.7 Å². The van der Waals surface area contributed by atoms with E-state index in [0.717, 1.165) is 75.4 Å². The van der Waals surface area contributed by atoms with Crippen LogP contribution in [0.2, 0.25) is 0 Å². The van der Waals surface area contributed by atoms with Gasteiger partial charge in [0.25, 0.3) is 0 Å². The van der Waals surface area contributed by atoms with Crippen LogP contribution in [0.3, 0.4) is 0 Å². The Morgan fingerprint density at radius 3 is 2.66 bits per heavy atom. The summed E-state index contributed by atoms with van der Waals surface area (Å²) < 4.78 is 0. The Morgan fingerprint density at radius 1 is 1.19 bits per heavy atom. The van der Waals surface area contributed by atoms with Gasteiger partial charge in [-0.05, 0) is 89.7 Å². The molecule has 1 saturated heterocycles. The highest BCUT2D eigenvalue weighted by molar-refractivity contribution is 5.79. The molecule has 1 fully saturated rings. The molecule has 0 spiro atoms. The summed E-state index contributed by atoms with van der Waals surface area (Å²) in [6.07, 6.45) is 3.80. The number of aromatic nitrogens is 2. The zero-order chi connectivity index (χ0) is 23.1. The van der Waals surface area contributed by atoms with Crippen molar-refractivity contribution in [1.29, 1.82) is 5.26 Å². The number of hydrogen-bond acceptors (Lipinski definition) is 5. The van der Waals surface area contributed by atoms with E-state index in [0.29, 0.717) is 5.91 Å². The monoisotopic (exact) mass is 433 g/mol. The van der Waals surface area contributed by atoms with E-state index in [-0.39, 0.29) is 11.7 Å². The maximum absolute atomic E-state index is 12.7. The molecule has 0 N–H and O–H groups in total. The first-order chi connectivity index (χ1) is 15.4. The van der Waals surface area contributed by atoms with E-state index < -0.39 is 0 Å². The van der Waals surface area contributed by atoms with Crippen LogP contribution in [0.5, 0.6) is 0 Å². The third kappa shape index (κ3) is 5.92. The number of nitriles is 1. The molecule has 2 heterocycles. The van der Waals surface area contributed by atoms with E-state index in [1.807, 2.05) is 24.8 Å². The number of nitrogens with zero attached hydrogens (tertiary/aromatic N) is 5. The smallest absolute Gasteiger partial charge is 0.232 e.